The van der Waals surface area contributed by atoms with Gasteiger partial charge in [-0.25, -0.2) is 0 Å². The van der Waals surface area contributed by atoms with E-state index in [1.807, 2.05) is 30.5 Å². The van der Waals surface area contributed by atoms with E-state index in [4.69, 9.17) is 4.74 Å². The van der Waals surface area contributed by atoms with Crippen LogP contribution in [0.15, 0.2) is 30.5 Å². The van der Waals surface area contributed by atoms with E-state index in [-0.39, 0.29) is 6.54 Å². The standard InChI is InChI=1S/C13H17N3O3S/c17-20(18,16-5-7-19-8-6-16)15-10-11-1-2-12-3-4-14-13(12)9-11/h1-4,9,14-15H,5-8,10H2. The number of aromatic nitrogens is 1. The summed E-state index contributed by atoms with van der Waals surface area (Å²) in [4.78, 5) is 3.12. The fourth-order valence-corrected chi connectivity index (χ4v) is 3.42. The van der Waals surface area contributed by atoms with Crippen molar-refractivity contribution in [2.45, 2.75) is 6.54 Å². The normalized spacial score (nSPS) is 17.6. The summed E-state index contributed by atoms with van der Waals surface area (Å²) >= 11 is 0. The minimum Gasteiger partial charge on any atom is -0.379 e. The lowest BCUT2D eigenvalue weighted by Crippen LogP contribution is -2.46. The molecular formula is C13H17N3O3S. The van der Waals surface area contributed by atoms with E-state index < -0.39 is 10.2 Å². The van der Waals surface area contributed by atoms with E-state index in [2.05, 4.69) is 9.71 Å². The van der Waals surface area contributed by atoms with Crippen molar-refractivity contribution >= 4 is 21.1 Å². The predicted molar refractivity (Wildman–Crippen MR) is 76.5 cm³/mol. The highest BCUT2D eigenvalue weighted by Gasteiger charge is 2.23. The van der Waals surface area contributed by atoms with Gasteiger partial charge < -0.3 is 9.72 Å². The Morgan fingerprint density at radius 2 is 2.05 bits per heavy atom. The lowest BCUT2D eigenvalue weighted by Gasteiger charge is -2.26. The number of nitrogens with one attached hydrogen (secondary N) is 2. The second-order valence-electron chi connectivity index (χ2n) is 4.74. The molecule has 0 aliphatic carbocycles. The molecule has 2 N–H and O–H groups in total. The topological polar surface area (TPSA) is 74.4 Å². The van der Waals surface area contributed by atoms with Crippen LogP contribution in [0.25, 0.3) is 10.9 Å². The van der Waals surface area contributed by atoms with Crippen molar-refractivity contribution in [3.63, 3.8) is 0 Å². The van der Waals surface area contributed by atoms with Crippen LogP contribution in [0.4, 0.5) is 0 Å². The van der Waals surface area contributed by atoms with E-state index in [1.54, 1.807) is 0 Å². The molecule has 0 spiro atoms. The third-order valence-corrected chi connectivity index (χ3v) is 4.94. The number of hydrogen-bond donors (Lipinski definition) is 2. The van der Waals surface area contributed by atoms with Gasteiger partial charge in [-0.3, -0.25) is 0 Å². The van der Waals surface area contributed by atoms with Gasteiger partial charge in [-0.15, -0.1) is 0 Å². The molecule has 0 saturated carbocycles. The summed E-state index contributed by atoms with van der Waals surface area (Å²) in [7, 11) is -3.43. The number of nitrogens with zero attached hydrogens (tertiary/aromatic N) is 1. The van der Waals surface area contributed by atoms with E-state index in [0.29, 0.717) is 26.3 Å². The Labute approximate surface area is 117 Å². The van der Waals surface area contributed by atoms with E-state index >= 15 is 0 Å². The minimum atomic E-state index is -3.43. The average Bonchev–Trinajstić information content (AvgIpc) is 2.94. The van der Waals surface area contributed by atoms with Gasteiger partial charge in [0.05, 0.1) is 13.2 Å². The van der Waals surface area contributed by atoms with Gasteiger partial charge in [0.2, 0.25) is 0 Å². The molecule has 1 fully saturated rings. The predicted octanol–water partition coefficient (Wildman–Crippen LogP) is 0.834. The highest BCUT2D eigenvalue weighted by molar-refractivity contribution is 7.87. The second-order valence-corrected chi connectivity index (χ2v) is 6.49. The van der Waals surface area contributed by atoms with Crippen molar-refractivity contribution in [3.8, 4) is 0 Å². The Morgan fingerprint density at radius 1 is 1.25 bits per heavy atom. The van der Waals surface area contributed by atoms with Crippen LogP contribution in [0, 0.1) is 0 Å². The van der Waals surface area contributed by atoms with Gasteiger partial charge in [-0.05, 0) is 23.1 Å². The van der Waals surface area contributed by atoms with Crippen molar-refractivity contribution in [1.29, 1.82) is 0 Å². The number of rotatable bonds is 4. The zero-order valence-corrected chi connectivity index (χ0v) is 11.8. The molecule has 108 valence electrons. The van der Waals surface area contributed by atoms with Crippen molar-refractivity contribution in [3.05, 3.63) is 36.0 Å². The van der Waals surface area contributed by atoms with Gasteiger partial charge in [0.15, 0.2) is 0 Å². The summed E-state index contributed by atoms with van der Waals surface area (Å²) in [5.41, 5.74) is 1.94. The molecule has 1 saturated heterocycles. The molecule has 2 heterocycles. The fraction of sp³-hybridized carbons (Fsp3) is 0.385. The summed E-state index contributed by atoms with van der Waals surface area (Å²) in [6.45, 7) is 2.01. The zero-order chi connectivity index (χ0) is 14.0. The molecule has 6 nitrogen and oxygen atoms in total. The first-order valence-corrected chi connectivity index (χ1v) is 7.98. The van der Waals surface area contributed by atoms with Crippen LogP contribution in [0.2, 0.25) is 0 Å². The van der Waals surface area contributed by atoms with E-state index in [1.165, 1.54) is 4.31 Å². The maximum atomic E-state index is 12.1. The van der Waals surface area contributed by atoms with Crippen LogP contribution in [0.3, 0.4) is 0 Å². The second kappa shape index (κ2) is 5.53. The van der Waals surface area contributed by atoms with E-state index in [0.717, 1.165) is 16.5 Å². The number of morpholine rings is 1. The fourth-order valence-electron chi connectivity index (χ4n) is 2.26. The van der Waals surface area contributed by atoms with Crippen molar-refractivity contribution in [2.24, 2.45) is 0 Å². The molecule has 1 aromatic carbocycles. The van der Waals surface area contributed by atoms with Crippen LogP contribution >= 0.6 is 0 Å². The molecule has 1 aliphatic heterocycles. The molecule has 7 heteroatoms. The number of benzene rings is 1. The van der Waals surface area contributed by atoms with Crippen LogP contribution < -0.4 is 4.72 Å². The first-order valence-electron chi connectivity index (χ1n) is 6.54. The molecule has 0 bridgehead atoms. The molecular weight excluding hydrogens is 278 g/mol. The molecule has 0 amide bonds. The lowest BCUT2D eigenvalue weighted by molar-refractivity contribution is 0.0725. The maximum Gasteiger partial charge on any atom is 0.279 e. The third-order valence-electron chi connectivity index (χ3n) is 3.39. The Bertz CT molecular complexity index is 690. The Balaban J connectivity index is 1.68. The van der Waals surface area contributed by atoms with Crippen molar-refractivity contribution in [1.82, 2.24) is 14.0 Å². The van der Waals surface area contributed by atoms with Gasteiger partial charge >= 0.3 is 0 Å². The number of aromatic amines is 1. The largest absolute Gasteiger partial charge is 0.379 e. The minimum absolute atomic E-state index is 0.286. The monoisotopic (exact) mass is 295 g/mol. The Hall–Kier alpha value is -1.41. The lowest BCUT2D eigenvalue weighted by atomic mass is 10.2. The summed E-state index contributed by atoms with van der Waals surface area (Å²) < 4.78 is 33.5. The summed E-state index contributed by atoms with van der Waals surface area (Å²) in [6, 6.07) is 7.84. The smallest absolute Gasteiger partial charge is 0.279 e. The molecule has 2 aromatic rings. The first kappa shape index (κ1) is 13.6. The van der Waals surface area contributed by atoms with Gasteiger partial charge in [0, 0.05) is 31.3 Å². The summed E-state index contributed by atoms with van der Waals surface area (Å²) in [6.07, 6.45) is 1.87. The first-order chi connectivity index (χ1) is 9.65. The van der Waals surface area contributed by atoms with Gasteiger partial charge in [-0.2, -0.15) is 17.4 Å². The van der Waals surface area contributed by atoms with Crippen LogP contribution in [-0.2, 0) is 21.5 Å². The van der Waals surface area contributed by atoms with Gasteiger partial charge in [0.1, 0.15) is 0 Å². The van der Waals surface area contributed by atoms with Crippen molar-refractivity contribution < 1.29 is 13.2 Å². The molecule has 20 heavy (non-hydrogen) atoms. The Kier molecular flexibility index (Phi) is 3.75. The van der Waals surface area contributed by atoms with Gasteiger partial charge in [0.25, 0.3) is 10.2 Å². The molecule has 1 aromatic heterocycles. The average molecular weight is 295 g/mol. The number of ether oxygens (including phenoxy) is 1. The van der Waals surface area contributed by atoms with Crippen molar-refractivity contribution in [2.75, 3.05) is 26.3 Å². The molecule has 0 radical (unpaired) electrons. The quantitative estimate of drug-likeness (QED) is 0.877. The van der Waals surface area contributed by atoms with Crippen LogP contribution in [-0.4, -0.2) is 44.0 Å². The molecule has 0 atom stereocenters. The highest BCUT2D eigenvalue weighted by Crippen LogP contribution is 2.14. The van der Waals surface area contributed by atoms with Gasteiger partial charge in [-0.1, -0.05) is 12.1 Å². The summed E-state index contributed by atoms with van der Waals surface area (Å²) in [5.74, 6) is 0. The number of H-pyrrole nitrogens is 1. The molecule has 1 aliphatic rings. The zero-order valence-electron chi connectivity index (χ0n) is 11.0. The Morgan fingerprint density at radius 3 is 2.85 bits per heavy atom. The van der Waals surface area contributed by atoms with Crippen LogP contribution in [0.5, 0.6) is 0 Å². The highest BCUT2D eigenvalue weighted by atomic mass is 32.2. The number of fused-ring (bicyclic) bond motifs is 1. The van der Waals surface area contributed by atoms with Crippen LogP contribution in [0.1, 0.15) is 5.56 Å². The molecule has 3 rings (SSSR count). The SMILES string of the molecule is O=S(=O)(NCc1ccc2cc[nH]c2c1)N1CCOCC1. The van der Waals surface area contributed by atoms with E-state index in [9.17, 15) is 8.42 Å². The maximum absolute atomic E-state index is 12.1. The summed E-state index contributed by atoms with van der Waals surface area (Å²) in [5, 5.41) is 1.12. The molecule has 0 unspecified atom stereocenters. The number of hydrogen-bond acceptors (Lipinski definition) is 3. The third kappa shape index (κ3) is 2.85.